The smallest absolute Gasteiger partial charge is 0.252 e. The highest BCUT2D eigenvalue weighted by molar-refractivity contribution is 6.74. The number of rotatable bonds is 6. The second kappa shape index (κ2) is 7.47. The van der Waals surface area contributed by atoms with Crippen LogP contribution in [0.2, 0.25) is 18.1 Å². The van der Waals surface area contributed by atoms with Crippen molar-refractivity contribution in [3.05, 3.63) is 23.4 Å². The molecule has 1 heterocycles. The molecule has 4 nitrogen and oxygen atoms in total. The zero-order chi connectivity index (χ0) is 19.7. The first-order valence-electron chi connectivity index (χ1n) is 9.30. The number of fused-ring (bicyclic) bond motifs is 1. The molecular weight excluding hydrogens is 342 g/mol. The lowest BCUT2D eigenvalue weighted by atomic mass is 10.0. The van der Waals surface area contributed by atoms with Gasteiger partial charge in [0.25, 0.3) is 8.32 Å². The summed E-state index contributed by atoms with van der Waals surface area (Å²) in [6, 6.07) is 4.08. The Morgan fingerprint density at radius 3 is 2.00 bits per heavy atom. The summed E-state index contributed by atoms with van der Waals surface area (Å²) in [5, 5.41) is 2.36. The fourth-order valence-electron chi connectivity index (χ4n) is 2.73. The van der Waals surface area contributed by atoms with Crippen molar-refractivity contribution in [1.29, 1.82) is 0 Å². The Hall–Kier alpha value is -1.75. The molecule has 0 amide bonds. The van der Waals surface area contributed by atoms with Gasteiger partial charge in [0.05, 0.1) is 19.9 Å². The molecule has 0 bridgehead atoms. The van der Waals surface area contributed by atoms with E-state index in [2.05, 4.69) is 47.7 Å². The average Bonchev–Trinajstić information content (AvgIpc) is 2.56. The number of hydrogen-bond donors (Lipinski definition) is 0. The summed E-state index contributed by atoms with van der Waals surface area (Å²) >= 11 is 0. The third-order valence-corrected chi connectivity index (χ3v) is 9.76. The van der Waals surface area contributed by atoms with Crippen LogP contribution in [0.1, 0.15) is 45.4 Å². The third-order valence-electron chi connectivity index (χ3n) is 5.44. The molecule has 0 unspecified atom stereocenters. The molecule has 0 N–H and O–H groups in total. The predicted molar refractivity (Wildman–Crippen MR) is 111 cm³/mol. The maximum absolute atomic E-state index is 6.58. The SMILES string of the molecule is CCCc1nc(O[Si](C)(C)C(C)(C)C)c(C)c2cc(OC)c(OC)cc12. The van der Waals surface area contributed by atoms with E-state index in [1.165, 1.54) is 0 Å². The third kappa shape index (κ3) is 3.82. The van der Waals surface area contributed by atoms with E-state index in [1.807, 2.05) is 12.1 Å². The van der Waals surface area contributed by atoms with E-state index in [1.54, 1.807) is 14.2 Å². The molecule has 144 valence electrons. The van der Waals surface area contributed by atoms with Crippen LogP contribution in [0.5, 0.6) is 17.4 Å². The molecule has 0 saturated heterocycles. The predicted octanol–water partition coefficient (Wildman–Crippen LogP) is 5.90. The van der Waals surface area contributed by atoms with E-state index in [9.17, 15) is 0 Å². The van der Waals surface area contributed by atoms with Gasteiger partial charge in [-0.3, -0.25) is 0 Å². The molecular formula is C21H33NO3Si. The van der Waals surface area contributed by atoms with Gasteiger partial charge in [-0.15, -0.1) is 0 Å². The Kier molecular flexibility index (Phi) is 5.91. The molecule has 2 rings (SSSR count). The standard InChI is InChI=1S/C21H33NO3Si/c1-10-11-17-16-13-19(24-7)18(23-6)12-15(16)14(2)20(22-17)25-26(8,9)21(3,4)5/h12-13H,10-11H2,1-9H3. The van der Waals surface area contributed by atoms with Crippen LogP contribution < -0.4 is 13.9 Å². The number of hydrogen-bond acceptors (Lipinski definition) is 4. The van der Waals surface area contributed by atoms with Crippen LogP contribution in [0.15, 0.2) is 12.1 Å². The molecule has 0 spiro atoms. The molecule has 1 aromatic carbocycles. The van der Waals surface area contributed by atoms with Gasteiger partial charge < -0.3 is 13.9 Å². The van der Waals surface area contributed by atoms with Crippen molar-refractivity contribution in [3.8, 4) is 17.4 Å². The minimum Gasteiger partial charge on any atom is -0.530 e. The highest BCUT2D eigenvalue weighted by Gasteiger charge is 2.39. The molecule has 2 aromatic rings. The first kappa shape index (κ1) is 20.6. The van der Waals surface area contributed by atoms with Gasteiger partial charge >= 0.3 is 0 Å². The van der Waals surface area contributed by atoms with Gasteiger partial charge in [0.15, 0.2) is 11.5 Å². The van der Waals surface area contributed by atoms with Crippen LogP contribution in [-0.2, 0) is 6.42 Å². The molecule has 0 radical (unpaired) electrons. The van der Waals surface area contributed by atoms with Crippen molar-refractivity contribution in [2.45, 2.75) is 65.6 Å². The van der Waals surface area contributed by atoms with Crippen LogP contribution in [0.4, 0.5) is 0 Å². The number of pyridine rings is 1. The monoisotopic (exact) mass is 375 g/mol. The van der Waals surface area contributed by atoms with Gasteiger partial charge in [-0.25, -0.2) is 4.98 Å². The Balaban J connectivity index is 2.71. The van der Waals surface area contributed by atoms with E-state index >= 15 is 0 Å². The van der Waals surface area contributed by atoms with Crippen molar-refractivity contribution in [2.24, 2.45) is 0 Å². The highest BCUT2D eigenvalue weighted by Crippen LogP contribution is 2.41. The van der Waals surface area contributed by atoms with Gasteiger partial charge in [0, 0.05) is 10.9 Å². The van der Waals surface area contributed by atoms with Crippen LogP contribution in [-0.4, -0.2) is 27.5 Å². The molecule has 0 aliphatic heterocycles. The van der Waals surface area contributed by atoms with Gasteiger partial charge in [-0.2, -0.15) is 0 Å². The van der Waals surface area contributed by atoms with Crippen molar-refractivity contribution in [3.63, 3.8) is 0 Å². The molecule has 0 fully saturated rings. The number of aromatic nitrogens is 1. The molecule has 26 heavy (non-hydrogen) atoms. The summed E-state index contributed by atoms with van der Waals surface area (Å²) in [5.74, 6) is 2.23. The van der Waals surface area contributed by atoms with Gasteiger partial charge in [0.1, 0.15) is 0 Å². The maximum Gasteiger partial charge on any atom is 0.252 e. The van der Waals surface area contributed by atoms with Gasteiger partial charge in [0.2, 0.25) is 5.88 Å². The lowest BCUT2D eigenvalue weighted by Crippen LogP contribution is -2.44. The van der Waals surface area contributed by atoms with Crippen molar-refractivity contribution >= 4 is 19.1 Å². The summed E-state index contributed by atoms with van der Waals surface area (Å²) < 4.78 is 17.6. The molecule has 0 saturated carbocycles. The summed E-state index contributed by atoms with van der Waals surface area (Å²) in [7, 11) is 1.36. The van der Waals surface area contributed by atoms with E-state index in [0.717, 1.165) is 52.3 Å². The number of benzene rings is 1. The fraction of sp³-hybridized carbons (Fsp3) is 0.571. The summed E-state index contributed by atoms with van der Waals surface area (Å²) in [6.45, 7) is 15.5. The largest absolute Gasteiger partial charge is 0.530 e. The highest BCUT2D eigenvalue weighted by atomic mass is 28.4. The Bertz CT molecular complexity index is 794. The topological polar surface area (TPSA) is 40.6 Å². The van der Waals surface area contributed by atoms with Crippen LogP contribution >= 0.6 is 0 Å². The molecule has 0 atom stereocenters. The summed E-state index contributed by atoms with van der Waals surface area (Å²) in [5.41, 5.74) is 2.12. The molecule has 1 aromatic heterocycles. The number of ether oxygens (including phenoxy) is 2. The van der Waals surface area contributed by atoms with E-state index in [4.69, 9.17) is 18.9 Å². The number of nitrogens with zero attached hydrogens (tertiary/aromatic N) is 1. The van der Waals surface area contributed by atoms with Crippen molar-refractivity contribution in [2.75, 3.05) is 14.2 Å². The quantitative estimate of drug-likeness (QED) is 0.590. The first-order chi connectivity index (χ1) is 12.1. The molecule has 5 heteroatoms. The summed E-state index contributed by atoms with van der Waals surface area (Å²) in [6.07, 6.45) is 1.93. The minimum absolute atomic E-state index is 0.124. The molecule has 0 aliphatic rings. The van der Waals surface area contributed by atoms with Crippen molar-refractivity contribution in [1.82, 2.24) is 4.98 Å². The zero-order valence-corrected chi connectivity index (χ0v) is 18.7. The van der Waals surface area contributed by atoms with Crippen LogP contribution in [0, 0.1) is 6.92 Å². The van der Waals surface area contributed by atoms with E-state index < -0.39 is 8.32 Å². The Morgan fingerprint density at radius 2 is 1.54 bits per heavy atom. The van der Waals surface area contributed by atoms with Crippen LogP contribution in [0.25, 0.3) is 10.8 Å². The lowest BCUT2D eigenvalue weighted by molar-refractivity contribution is 0.356. The normalized spacial score (nSPS) is 12.3. The van der Waals surface area contributed by atoms with Crippen LogP contribution in [0.3, 0.4) is 0 Å². The van der Waals surface area contributed by atoms with E-state index in [0.29, 0.717) is 0 Å². The van der Waals surface area contributed by atoms with Gasteiger partial charge in [-0.1, -0.05) is 34.1 Å². The fourth-order valence-corrected chi connectivity index (χ4v) is 3.72. The maximum atomic E-state index is 6.58. The number of methoxy groups -OCH3 is 2. The van der Waals surface area contributed by atoms with E-state index in [-0.39, 0.29) is 5.04 Å². The first-order valence-corrected chi connectivity index (χ1v) is 12.2. The zero-order valence-electron chi connectivity index (χ0n) is 17.7. The van der Waals surface area contributed by atoms with Crippen molar-refractivity contribution < 1.29 is 13.9 Å². The number of aryl methyl sites for hydroxylation is 2. The molecule has 0 aliphatic carbocycles. The van der Waals surface area contributed by atoms with Gasteiger partial charge in [-0.05, 0) is 49.0 Å². The minimum atomic E-state index is -1.97. The second-order valence-corrected chi connectivity index (χ2v) is 13.1. The Labute approximate surface area is 159 Å². The lowest BCUT2D eigenvalue weighted by Gasteiger charge is -2.36. The Morgan fingerprint density at radius 1 is 1.00 bits per heavy atom. The average molecular weight is 376 g/mol. The second-order valence-electron chi connectivity index (χ2n) is 8.35. The summed E-state index contributed by atoms with van der Waals surface area (Å²) in [4.78, 5) is 4.94.